The molecule has 2 aromatic rings. The standard InChI is InChI=1S/C15H16F2N2O/c1-9(2)12-6-10(8-18)7-14(19-12)20-13-5-3-4-11(16)15(13)17/h3-7,9H,8,18H2,1-2H3. The fourth-order valence-electron chi connectivity index (χ4n) is 1.72. The third-order valence-electron chi connectivity index (χ3n) is 2.84. The molecular weight excluding hydrogens is 262 g/mol. The maximum absolute atomic E-state index is 13.6. The van der Waals surface area contributed by atoms with E-state index in [1.807, 2.05) is 19.9 Å². The van der Waals surface area contributed by atoms with Crippen LogP contribution in [0.2, 0.25) is 0 Å². The van der Waals surface area contributed by atoms with E-state index in [2.05, 4.69) is 4.98 Å². The third-order valence-corrected chi connectivity index (χ3v) is 2.84. The maximum atomic E-state index is 13.6. The molecule has 1 heterocycles. The molecule has 3 nitrogen and oxygen atoms in total. The van der Waals surface area contributed by atoms with Gasteiger partial charge in [0.2, 0.25) is 11.7 Å². The van der Waals surface area contributed by atoms with Crippen molar-refractivity contribution in [2.45, 2.75) is 26.3 Å². The van der Waals surface area contributed by atoms with Gasteiger partial charge in [-0.05, 0) is 29.7 Å². The van der Waals surface area contributed by atoms with Gasteiger partial charge in [-0.25, -0.2) is 9.37 Å². The molecular formula is C15H16F2N2O. The van der Waals surface area contributed by atoms with Crippen LogP contribution in [0, 0.1) is 11.6 Å². The summed E-state index contributed by atoms with van der Waals surface area (Å²) in [5.41, 5.74) is 7.24. The Hall–Kier alpha value is -2.01. The van der Waals surface area contributed by atoms with E-state index >= 15 is 0 Å². The van der Waals surface area contributed by atoms with E-state index in [1.54, 1.807) is 6.07 Å². The van der Waals surface area contributed by atoms with Crippen molar-refractivity contribution >= 4 is 0 Å². The van der Waals surface area contributed by atoms with Crippen LogP contribution in [0.25, 0.3) is 0 Å². The van der Waals surface area contributed by atoms with Gasteiger partial charge in [0.1, 0.15) is 0 Å². The van der Waals surface area contributed by atoms with E-state index in [1.165, 1.54) is 12.1 Å². The van der Waals surface area contributed by atoms with Crippen LogP contribution < -0.4 is 10.5 Å². The van der Waals surface area contributed by atoms with Crippen LogP contribution in [0.1, 0.15) is 31.0 Å². The Kier molecular flexibility index (Phi) is 4.29. The number of halogens is 2. The Bertz CT molecular complexity index is 615. The van der Waals surface area contributed by atoms with E-state index in [0.717, 1.165) is 17.3 Å². The maximum Gasteiger partial charge on any atom is 0.219 e. The minimum absolute atomic E-state index is 0.182. The number of aromatic nitrogens is 1. The number of rotatable bonds is 4. The summed E-state index contributed by atoms with van der Waals surface area (Å²) in [7, 11) is 0. The average molecular weight is 278 g/mol. The Morgan fingerprint density at radius 3 is 2.65 bits per heavy atom. The van der Waals surface area contributed by atoms with Gasteiger partial charge in [-0.15, -0.1) is 0 Å². The second-order valence-corrected chi connectivity index (χ2v) is 4.75. The van der Waals surface area contributed by atoms with Crippen LogP contribution >= 0.6 is 0 Å². The molecule has 0 radical (unpaired) electrons. The summed E-state index contributed by atoms with van der Waals surface area (Å²) in [5, 5.41) is 0. The van der Waals surface area contributed by atoms with Gasteiger partial charge in [0.25, 0.3) is 0 Å². The molecule has 0 atom stereocenters. The Labute approximate surface area is 116 Å². The topological polar surface area (TPSA) is 48.1 Å². The molecule has 0 spiro atoms. The van der Waals surface area contributed by atoms with Gasteiger partial charge >= 0.3 is 0 Å². The Morgan fingerprint density at radius 2 is 2.00 bits per heavy atom. The summed E-state index contributed by atoms with van der Waals surface area (Å²) in [5.74, 6) is -1.79. The molecule has 0 fully saturated rings. The van der Waals surface area contributed by atoms with E-state index in [-0.39, 0.29) is 17.5 Å². The molecule has 5 heteroatoms. The molecule has 0 amide bonds. The van der Waals surface area contributed by atoms with Crippen LogP contribution in [0.4, 0.5) is 8.78 Å². The smallest absolute Gasteiger partial charge is 0.219 e. The highest BCUT2D eigenvalue weighted by Gasteiger charge is 2.12. The lowest BCUT2D eigenvalue weighted by atomic mass is 10.1. The predicted molar refractivity (Wildman–Crippen MR) is 72.6 cm³/mol. The van der Waals surface area contributed by atoms with Gasteiger partial charge < -0.3 is 10.5 Å². The van der Waals surface area contributed by atoms with Gasteiger partial charge in [-0.3, -0.25) is 0 Å². The summed E-state index contributed by atoms with van der Waals surface area (Å²) in [4.78, 5) is 4.28. The van der Waals surface area contributed by atoms with E-state index in [4.69, 9.17) is 10.5 Å². The van der Waals surface area contributed by atoms with Crippen molar-refractivity contribution < 1.29 is 13.5 Å². The van der Waals surface area contributed by atoms with Crippen LogP contribution in [0.15, 0.2) is 30.3 Å². The first-order valence-corrected chi connectivity index (χ1v) is 6.34. The molecule has 0 aliphatic rings. The lowest BCUT2D eigenvalue weighted by Gasteiger charge is -2.11. The SMILES string of the molecule is CC(C)c1cc(CN)cc(Oc2cccc(F)c2F)n1. The van der Waals surface area contributed by atoms with Crippen LogP contribution in [0.5, 0.6) is 11.6 Å². The van der Waals surface area contributed by atoms with Crippen LogP contribution in [-0.2, 0) is 6.54 Å². The predicted octanol–water partition coefficient (Wildman–Crippen LogP) is 3.73. The van der Waals surface area contributed by atoms with E-state index in [9.17, 15) is 8.78 Å². The fourth-order valence-corrected chi connectivity index (χ4v) is 1.72. The highest BCUT2D eigenvalue weighted by atomic mass is 19.2. The second kappa shape index (κ2) is 5.96. The molecule has 0 saturated carbocycles. The summed E-state index contributed by atoms with van der Waals surface area (Å²) >= 11 is 0. The normalized spacial score (nSPS) is 10.9. The molecule has 0 bridgehead atoms. The first-order chi connectivity index (χ1) is 9.51. The number of nitrogens with two attached hydrogens (primary N) is 1. The quantitative estimate of drug-likeness (QED) is 0.927. The number of hydrogen-bond donors (Lipinski definition) is 1. The summed E-state index contributed by atoms with van der Waals surface area (Å²) in [6, 6.07) is 7.26. The van der Waals surface area contributed by atoms with Gasteiger partial charge in [0, 0.05) is 18.3 Å². The Morgan fingerprint density at radius 1 is 1.25 bits per heavy atom. The molecule has 0 aliphatic carbocycles. The van der Waals surface area contributed by atoms with Crippen molar-refractivity contribution in [3.8, 4) is 11.6 Å². The lowest BCUT2D eigenvalue weighted by molar-refractivity contribution is 0.403. The van der Waals surface area contributed by atoms with Gasteiger partial charge in [-0.1, -0.05) is 19.9 Å². The zero-order valence-corrected chi connectivity index (χ0v) is 11.4. The highest BCUT2D eigenvalue weighted by molar-refractivity contribution is 5.32. The average Bonchev–Trinajstić information content (AvgIpc) is 2.43. The minimum Gasteiger partial charge on any atom is -0.436 e. The van der Waals surface area contributed by atoms with Crippen molar-refractivity contribution in [2.75, 3.05) is 0 Å². The molecule has 0 saturated heterocycles. The van der Waals surface area contributed by atoms with E-state index < -0.39 is 11.6 Å². The number of benzene rings is 1. The number of ether oxygens (including phenoxy) is 1. The molecule has 2 N–H and O–H groups in total. The van der Waals surface area contributed by atoms with Crippen molar-refractivity contribution in [1.29, 1.82) is 0 Å². The summed E-state index contributed by atoms with van der Waals surface area (Å²) in [6.07, 6.45) is 0. The van der Waals surface area contributed by atoms with Crippen molar-refractivity contribution in [2.24, 2.45) is 5.73 Å². The van der Waals surface area contributed by atoms with Crippen LogP contribution in [0.3, 0.4) is 0 Å². The second-order valence-electron chi connectivity index (χ2n) is 4.75. The van der Waals surface area contributed by atoms with Gasteiger partial charge in [0.15, 0.2) is 11.6 Å². The van der Waals surface area contributed by atoms with Crippen molar-refractivity contribution in [1.82, 2.24) is 4.98 Å². The summed E-state index contributed by atoms with van der Waals surface area (Å²) < 4.78 is 32.1. The summed E-state index contributed by atoms with van der Waals surface area (Å²) in [6.45, 7) is 4.29. The molecule has 2 rings (SSSR count). The molecule has 0 aliphatic heterocycles. The monoisotopic (exact) mass is 278 g/mol. The highest BCUT2D eigenvalue weighted by Crippen LogP contribution is 2.26. The largest absolute Gasteiger partial charge is 0.436 e. The van der Waals surface area contributed by atoms with Crippen molar-refractivity contribution in [3.05, 3.63) is 53.2 Å². The van der Waals surface area contributed by atoms with Gasteiger partial charge in [0.05, 0.1) is 0 Å². The lowest BCUT2D eigenvalue weighted by Crippen LogP contribution is -2.03. The number of pyridine rings is 1. The molecule has 1 aromatic heterocycles. The third kappa shape index (κ3) is 3.11. The first-order valence-electron chi connectivity index (χ1n) is 6.34. The fraction of sp³-hybridized carbons (Fsp3) is 0.267. The van der Waals surface area contributed by atoms with Crippen molar-refractivity contribution in [3.63, 3.8) is 0 Å². The molecule has 106 valence electrons. The molecule has 0 unspecified atom stereocenters. The zero-order valence-electron chi connectivity index (χ0n) is 11.4. The van der Waals surface area contributed by atoms with Gasteiger partial charge in [-0.2, -0.15) is 4.39 Å². The molecule has 20 heavy (non-hydrogen) atoms. The van der Waals surface area contributed by atoms with Crippen LogP contribution in [-0.4, -0.2) is 4.98 Å². The zero-order chi connectivity index (χ0) is 14.7. The van der Waals surface area contributed by atoms with E-state index in [0.29, 0.717) is 6.54 Å². The number of nitrogens with zero attached hydrogens (tertiary/aromatic N) is 1. The Balaban J connectivity index is 2.37. The first kappa shape index (κ1) is 14.4. The number of hydrogen-bond acceptors (Lipinski definition) is 3. The minimum atomic E-state index is -1.03. The molecule has 1 aromatic carbocycles.